The van der Waals surface area contributed by atoms with Gasteiger partial charge in [-0.1, -0.05) is 26.8 Å². The zero-order valence-corrected chi connectivity index (χ0v) is 13.8. The second-order valence-electron chi connectivity index (χ2n) is 6.23. The highest BCUT2D eigenvalue weighted by Gasteiger charge is 2.21. The van der Waals surface area contributed by atoms with E-state index in [-0.39, 0.29) is 11.5 Å². The SMILES string of the molecule is CCN(CC)C(=O)Oc1cc(C)cc(C(C)(C)C)c1C. The van der Waals surface area contributed by atoms with Gasteiger partial charge < -0.3 is 9.64 Å². The minimum atomic E-state index is -0.274. The van der Waals surface area contributed by atoms with Crippen molar-refractivity contribution in [2.45, 2.75) is 53.9 Å². The van der Waals surface area contributed by atoms with Crippen LogP contribution in [0.3, 0.4) is 0 Å². The van der Waals surface area contributed by atoms with E-state index in [1.807, 2.05) is 33.8 Å². The summed E-state index contributed by atoms with van der Waals surface area (Å²) in [4.78, 5) is 13.8. The van der Waals surface area contributed by atoms with Crippen molar-refractivity contribution in [2.24, 2.45) is 0 Å². The first kappa shape index (κ1) is 16.5. The molecule has 0 fully saturated rings. The van der Waals surface area contributed by atoms with E-state index in [1.165, 1.54) is 5.56 Å². The van der Waals surface area contributed by atoms with Crippen molar-refractivity contribution in [3.63, 3.8) is 0 Å². The Hall–Kier alpha value is -1.51. The molecule has 0 spiro atoms. The molecular formula is C17H27NO2. The second kappa shape index (κ2) is 6.29. The highest BCUT2D eigenvalue weighted by atomic mass is 16.6. The lowest BCUT2D eigenvalue weighted by atomic mass is 9.83. The van der Waals surface area contributed by atoms with Gasteiger partial charge in [-0.3, -0.25) is 0 Å². The van der Waals surface area contributed by atoms with Gasteiger partial charge in [-0.2, -0.15) is 0 Å². The predicted molar refractivity (Wildman–Crippen MR) is 83.6 cm³/mol. The van der Waals surface area contributed by atoms with Crippen LogP contribution in [0.1, 0.15) is 51.3 Å². The van der Waals surface area contributed by atoms with Gasteiger partial charge in [0.2, 0.25) is 0 Å². The summed E-state index contributed by atoms with van der Waals surface area (Å²) in [6.07, 6.45) is -0.274. The minimum Gasteiger partial charge on any atom is -0.410 e. The van der Waals surface area contributed by atoms with Gasteiger partial charge in [-0.15, -0.1) is 0 Å². The topological polar surface area (TPSA) is 29.5 Å². The molecule has 0 N–H and O–H groups in total. The monoisotopic (exact) mass is 277 g/mol. The lowest BCUT2D eigenvalue weighted by Gasteiger charge is -2.25. The molecule has 0 bridgehead atoms. The minimum absolute atomic E-state index is 0.0342. The van der Waals surface area contributed by atoms with Gasteiger partial charge in [0, 0.05) is 13.1 Å². The summed E-state index contributed by atoms with van der Waals surface area (Å²) >= 11 is 0. The number of hydrogen-bond acceptors (Lipinski definition) is 2. The Balaban J connectivity index is 3.14. The molecule has 0 aliphatic carbocycles. The Morgan fingerprint density at radius 2 is 1.70 bits per heavy atom. The van der Waals surface area contributed by atoms with Crippen LogP contribution in [-0.4, -0.2) is 24.1 Å². The fourth-order valence-corrected chi connectivity index (χ4v) is 2.35. The van der Waals surface area contributed by atoms with Gasteiger partial charge in [0.05, 0.1) is 0 Å². The number of benzene rings is 1. The predicted octanol–water partition coefficient (Wildman–Crippen LogP) is 4.44. The van der Waals surface area contributed by atoms with E-state index in [0.717, 1.165) is 11.1 Å². The lowest BCUT2D eigenvalue weighted by Crippen LogP contribution is -2.33. The van der Waals surface area contributed by atoms with Crippen LogP contribution in [0.4, 0.5) is 4.79 Å². The average Bonchev–Trinajstić information content (AvgIpc) is 2.33. The first-order valence-electron chi connectivity index (χ1n) is 7.29. The fourth-order valence-electron chi connectivity index (χ4n) is 2.35. The van der Waals surface area contributed by atoms with Crippen molar-refractivity contribution in [1.29, 1.82) is 0 Å². The molecule has 1 aromatic rings. The summed E-state index contributed by atoms with van der Waals surface area (Å²) in [5.41, 5.74) is 3.42. The summed E-state index contributed by atoms with van der Waals surface area (Å²) in [5, 5.41) is 0. The van der Waals surface area contributed by atoms with E-state index in [4.69, 9.17) is 4.74 Å². The van der Waals surface area contributed by atoms with Crippen LogP contribution >= 0.6 is 0 Å². The molecule has 1 aromatic carbocycles. The number of nitrogens with zero attached hydrogens (tertiary/aromatic N) is 1. The molecule has 3 heteroatoms. The maximum absolute atomic E-state index is 12.1. The Morgan fingerprint density at radius 3 is 2.15 bits per heavy atom. The quantitative estimate of drug-likeness (QED) is 0.817. The van der Waals surface area contributed by atoms with Gasteiger partial charge >= 0.3 is 6.09 Å². The summed E-state index contributed by atoms with van der Waals surface area (Å²) in [7, 11) is 0. The molecule has 0 unspecified atom stereocenters. The zero-order valence-electron chi connectivity index (χ0n) is 13.8. The van der Waals surface area contributed by atoms with Gasteiger partial charge in [0.1, 0.15) is 5.75 Å². The van der Waals surface area contributed by atoms with E-state index in [0.29, 0.717) is 18.8 Å². The lowest BCUT2D eigenvalue weighted by molar-refractivity contribution is 0.157. The van der Waals surface area contributed by atoms with Crippen LogP contribution in [0.25, 0.3) is 0 Å². The van der Waals surface area contributed by atoms with Crippen molar-refractivity contribution < 1.29 is 9.53 Å². The number of aryl methyl sites for hydroxylation is 1. The first-order chi connectivity index (χ1) is 9.20. The molecule has 0 heterocycles. The number of rotatable bonds is 3. The number of ether oxygens (including phenoxy) is 1. The molecule has 0 aliphatic rings. The Kier molecular flexibility index (Phi) is 5.21. The summed E-state index contributed by atoms with van der Waals surface area (Å²) in [6, 6.07) is 4.11. The van der Waals surface area contributed by atoms with E-state index < -0.39 is 0 Å². The summed E-state index contributed by atoms with van der Waals surface area (Å²) in [6.45, 7) is 15.8. The summed E-state index contributed by atoms with van der Waals surface area (Å²) in [5.74, 6) is 0.673. The highest BCUT2D eigenvalue weighted by molar-refractivity contribution is 5.71. The van der Waals surface area contributed by atoms with Crippen LogP contribution in [-0.2, 0) is 5.41 Å². The molecule has 1 amide bonds. The fraction of sp³-hybridized carbons (Fsp3) is 0.588. The number of amides is 1. The van der Waals surface area contributed by atoms with Crippen LogP contribution in [0.2, 0.25) is 0 Å². The standard InChI is InChI=1S/C17H27NO2/c1-8-18(9-2)16(19)20-15-11-12(3)10-14(13(15)4)17(5,6)7/h10-11H,8-9H2,1-7H3. The van der Waals surface area contributed by atoms with Gasteiger partial charge in [0.15, 0.2) is 0 Å². The first-order valence-corrected chi connectivity index (χ1v) is 7.29. The van der Waals surface area contributed by atoms with Crippen LogP contribution in [0.15, 0.2) is 12.1 Å². The smallest absolute Gasteiger partial charge is 0.410 e. The maximum Gasteiger partial charge on any atom is 0.415 e. The summed E-state index contributed by atoms with van der Waals surface area (Å²) < 4.78 is 5.59. The molecular weight excluding hydrogens is 250 g/mol. The third-order valence-corrected chi connectivity index (χ3v) is 3.53. The maximum atomic E-state index is 12.1. The van der Waals surface area contributed by atoms with Crippen LogP contribution < -0.4 is 4.74 Å². The Bertz CT molecular complexity index is 482. The highest BCUT2D eigenvalue weighted by Crippen LogP contribution is 2.32. The molecule has 112 valence electrons. The van der Waals surface area contributed by atoms with Crippen LogP contribution in [0.5, 0.6) is 5.75 Å². The van der Waals surface area contributed by atoms with Gasteiger partial charge in [-0.25, -0.2) is 4.79 Å². The molecule has 3 nitrogen and oxygen atoms in total. The van der Waals surface area contributed by atoms with Crippen molar-refractivity contribution in [2.75, 3.05) is 13.1 Å². The molecule has 20 heavy (non-hydrogen) atoms. The average molecular weight is 277 g/mol. The van der Waals surface area contributed by atoms with E-state index >= 15 is 0 Å². The van der Waals surface area contributed by atoms with Gasteiger partial charge in [0.25, 0.3) is 0 Å². The number of hydrogen-bond donors (Lipinski definition) is 0. The molecule has 0 aromatic heterocycles. The van der Waals surface area contributed by atoms with Crippen LogP contribution in [0, 0.1) is 13.8 Å². The van der Waals surface area contributed by atoms with E-state index in [2.05, 4.69) is 26.8 Å². The third kappa shape index (κ3) is 3.75. The van der Waals surface area contributed by atoms with Gasteiger partial charge in [-0.05, 0) is 55.9 Å². The Morgan fingerprint density at radius 1 is 1.15 bits per heavy atom. The molecule has 0 radical (unpaired) electrons. The molecule has 0 atom stereocenters. The van der Waals surface area contributed by atoms with Crippen molar-refractivity contribution in [3.05, 3.63) is 28.8 Å². The second-order valence-corrected chi connectivity index (χ2v) is 6.23. The normalized spacial score (nSPS) is 11.3. The molecule has 0 saturated carbocycles. The van der Waals surface area contributed by atoms with E-state index in [9.17, 15) is 4.79 Å². The van der Waals surface area contributed by atoms with Crippen molar-refractivity contribution >= 4 is 6.09 Å². The molecule has 1 rings (SSSR count). The third-order valence-electron chi connectivity index (χ3n) is 3.53. The van der Waals surface area contributed by atoms with E-state index in [1.54, 1.807) is 4.90 Å². The Labute approximate surface area is 122 Å². The number of carbonyl (C=O) groups excluding carboxylic acids is 1. The largest absolute Gasteiger partial charge is 0.415 e. The molecule has 0 aliphatic heterocycles. The van der Waals surface area contributed by atoms with Crippen molar-refractivity contribution in [3.8, 4) is 5.75 Å². The zero-order chi connectivity index (χ0) is 15.5. The molecule has 0 saturated heterocycles. The number of carbonyl (C=O) groups is 1. The van der Waals surface area contributed by atoms with Crippen molar-refractivity contribution in [1.82, 2.24) is 4.90 Å².